The third kappa shape index (κ3) is 7.26. The summed E-state index contributed by atoms with van der Waals surface area (Å²) >= 11 is 1.65. The molecule has 1 N–H and O–H groups in total. The predicted octanol–water partition coefficient (Wildman–Crippen LogP) is 3.01. The molecule has 0 aliphatic heterocycles. The van der Waals surface area contributed by atoms with Crippen LogP contribution in [0.5, 0.6) is 0 Å². The molecule has 9 heteroatoms. The number of furan rings is 1. The molecule has 148 valence electrons. The molecule has 0 saturated heterocycles. The molecule has 1 amide bonds. The van der Waals surface area contributed by atoms with E-state index < -0.39 is 15.8 Å². The Morgan fingerprint density at radius 3 is 2.70 bits per heavy atom. The molecule has 6 nitrogen and oxygen atoms in total. The van der Waals surface area contributed by atoms with Crippen molar-refractivity contribution in [1.82, 2.24) is 5.32 Å². The van der Waals surface area contributed by atoms with Crippen LogP contribution in [0.25, 0.3) is 0 Å². The zero-order valence-electron chi connectivity index (χ0n) is 15.1. The van der Waals surface area contributed by atoms with E-state index in [-0.39, 0.29) is 24.6 Å². The Labute approximate surface area is 163 Å². The molecule has 0 unspecified atom stereocenters. The number of sulfonamides is 1. The highest BCUT2D eigenvalue weighted by atomic mass is 32.2. The lowest BCUT2D eigenvalue weighted by Crippen LogP contribution is -2.33. The van der Waals surface area contributed by atoms with Gasteiger partial charge in [-0.15, -0.1) is 0 Å². The Morgan fingerprint density at radius 1 is 1.26 bits per heavy atom. The van der Waals surface area contributed by atoms with Gasteiger partial charge in [0.2, 0.25) is 15.9 Å². The molecule has 2 aromatic rings. The lowest BCUT2D eigenvalue weighted by molar-refractivity contribution is -0.121. The summed E-state index contributed by atoms with van der Waals surface area (Å²) in [5.41, 5.74) is -0.00488. The number of rotatable bonds is 11. The first-order chi connectivity index (χ1) is 12.9. The number of halogens is 1. The lowest BCUT2D eigenvalue weighted by atomic mass is 10.2. The number of nitrogens with zero attached hydrogens (tertiary/aromatic N) is 1. The van der Waals surface area contributed by atoms with Crippen LogP contribution >= 0.6 is 11.8 Å². The van der Waals surface area contributed by atoms with E-state index in [0.29, 0.717) is 13.0 Å². The predicted molar refractivity (Wildman–Crippen MR) is 106 cm³/mol. The number of anilines is 1. The second-order valence-corrected chi connectivity index (χ2v) is 8.88. The quantitative estimate of drug-likeness (QED) is 0.572. The van der Waals surface area contributed by atoms with Gasteiger partial charge in [0, 0.05) is 25.3 Å². The minimum Gasteiger partial charge on any atom is -0.468 e. The Hall–Kier alpha value is -2.00. The van der Waals surface area contributed by atoms with Gasteiger partial charge < -0.3 is 9.73 Å². The number of nitrogens with one attached hydrogen (secondary N) is 1. The fourth-order valence-corrected chi connectivity index (χ4v) is 4.14. The fraction of sp³-hybridized carbons (Fsp3) is 0.389. The van der Waals surface area contributed by atoms with Crippen molar-refractivity contribution in [3.8, 4) is 0 Å². The van der Waals surface area contributed by atoms with Gasteiger partial charge in [0.1, 0.15) is 11.6 Å². The van der Waals surface area contributed by atoms with Crippen LogP contribution in [0.1, 0.15) is 18.6 Å². The summed E-state index contributed by atoms with van der Waals surface area (Å²) in [6, 6.07) is 9.42. The third-order valence-electron chi connectivity index (χ3n) is 3.68. The Morgan fingerprint density at radius 2 is 2.04 bits per heavy atom. The molecule has 2 rings (SSSR count). The van der Waals surface area contributed by atoms with Crippen molar-refractivity contribution in [1.29, 1.82) is 0 Å². The minimum absolute atomic E-state index is 0.00488. The highest BCUT2D eigenvalue weighted by Crippen LogP contribution is 2.21. The highest BCUT2D eigenvalue weighted by molar-refractivity contribution is 7.98. The molecular weight excluding hydrogens is 391 g/mol. The maximum atomic E-state index is 13.9. The fourth-order valence-electron chi connectivity index (χ4n) is 2.42. The molecule has 0 saturated carbocycles. The second-order valence-electron chi connectivity index (χ2n) is 5.87. The van der Waals surface area contributed by atoms with Gasteiger partial charge in [0.15, 0.2) is 0 Å². The van der Waals surface area contributed by atoms with Crippen LogP contribution in [-0.2, 0) is 20.6 Å². The van der Waals surface area contributed by atoms with E-state index in [0.717, 1.165) is 27.8 Å². The van der Waals surface area contributed by atoms with Crippen molar-refractivity contribution in [2.24, 2.45) is 0 Å². The van der Waals surface area contributed by atoms with E-state index in [9.17, 15) is 17.6 Å². The van der Waals surface area contributed by atoms with Crippen molar-refractivity contribution < 1.29 is 22.0 Å². The number of carbonyl (C=O) groups excluding carboxylic acids is 1. The summed E-state index contributed by atoms with van der Waals surface area (Å²) in [5, 5.41) is 2.79. The summed E-state index contributed by atoms with van der Waals surface area (Å²) in [5.74, 6) is 1.61. The standard InChI is InChI=1S/C18H23FN2O4S2/c1-27(23,24)21(17-8-3-2-7-16(17)19)11-4-9-18(22)20-10-13-26-14-15-6-5-12-25-15/h2-3,5-8,12H,4,9-11,13-14H2,1H3,(H,20,22). The molecule has 1 heterocycles. The summed E-state index contributed by atoms with van der Waals surface area (Å²) in [6.45, 7) is 0.563. The summed E-state index contributed by atoms with van der Waals surface area (Å²) < 4.78 is 44.0. The largest absolute Gasteiger partial charge is 0.468 e. The number of amides is 1. The van der Waals surface area contributed by atoms with E-state index in [1.165, 1.54) is 18.2 Å². The van der Waals surface area contributed by atoms with Crippen molar-refractivity contribution in [2.45, 2.75) is 18.6 Å². The maximum Gasteiger partial charge on any atom is 0.232 e. The van der Waals surface area contributed by atoms with Gasteiger partial charge in [-0.1, -0.05) is 12.1 Å². The first-order valence-electron chi connectivity index (χ1n) is 8.47. The molecule has 0 radical (unpaired) electrons. The maximum absolute atomic E-state index is 13.9. The first kappa shape index (κ1) is 21.3. The van der Waals surface area contributed by atoms with E-state index in [1.54, 1.807) is 24.1 Å². The molecule has 0 aliphatic carbocycles. The van der Waals surface area contributed by atoms with Gasteiger partial charge in [-0.3, -0.25) is 9.10 Å². The average molecular weight is 415 g/mol. The summed E-state index contributed by atoms with van der Waals surface area (Å²) in [7, 11) is -3.63. The van der Waals surface area contributed by atoms with E-state index in [2.05, 4.69) is 5.32 Å². The lowest BCUT2D eigenvalue weighted by Gasteiger charge is -2.22. The molecule has 0 spiro atoms. The van der Waals surface area contributed by atoms with Gasteiger partial charge in [-0.25, -0.2) is 12.8 Å². The van der Waals surface area contributed by atoms with Crippen LogP contribution in [0.15, 0.2) is 47.1 Å². The van der Waals surface area contributed by atoms with Crippen LogP contribution in [-0.4, -0.2) is 39.4 Å². The van der Waals surface area contributed by atoms with Gasteiger partial charge in [0.05, 0.1) is 24.0 Å². The van der Waals surface area contributed by atoms with Crippen molar-refractivity contribution >= 4 is 33.4 Å². The normalized spacial score (nSPS) is 11.3. The molecule has 27 heavy (non-hydrogen) atoms. The van der Waals surface area contributed by atoms with Crippen LogP contribution < -0.4 is 9.62 Å². The van der Waals surface area contributed by atoms with Gasteiger partial charge in [0.25, 0.3) is 0 Å². The number of benzene rings is 1. The molecule has 0 atom stereocenters. The van der Waals surface area contributed by atoms with Gasteiger partial charge >= 0.3 is 0 Å². The van der Waals surface area contributed by atoms with Gasteiger partial charge in [-0.2, -0.15) is 11.8 Å². The van der Waals surface area contributed by atoms with E-state index in [1.807, 2.05) is 12.1 Å². The number of para-hydroxylation sites is 1. The molecule has 1 aromatic carbocycles. The summed E-state index contributed by atoms with van der Waals surface area (Å²) in [4.78, 5) is 11.9. The van der Waals surface area contributed by atoms with Crippen LogP contribution in [0.3, 0.4) is 0 Å². The smallest absolute Gasteiger partial charge is 0.232 e. The Kier molecular flexibility index (Phi) is 8.18. The molecule has 0 fully saturated rings. The zero-order chi connectivity index (χ0) is 19.7. The second kappa shape index (κ2) is 10.4. The van der Waals surface area contributed by atoms with Crippen LogP contribution in [0, 0.1) is 5.82 Å². The topological polar surface area (TPSA) is 79.6 Å². The highest BCUT2D eigenvalue weighted by Gasteiger charge is 2.20. The summed E-state index contributed by atoms with van der Waals surface area (Å²) in [6.07, 6.45) is 3.12. The van der Waals surface area contributed by atoms with Crippen molar-refractivity contribution in [3.63, 3.8) is 0 Å². The van der Waals surface area contributed by atoms with Crippen LogP contribution in [0.2, 0.25) is 0 Å². The van der Waals surface area contributed by atoms with E-state index >= 15 is 0 Å². The number of hydrogen-bond acceptors (Lipinski definition) is 5. The SMILES string of the molecule is CS(=O)(=O)N(CCCC(=O)NCCSCc1ccco1)c1ccccc1F. The van der Waals surface area contributed by atoms with Crippen molar-refractivity contribution in [2.75, 3.05) is 29.4 Å². The monoisotopic (exact) mass is 414 g/mol. The Balaban J connectivity index is 1.71. The van der Waals surface area contributed by atoms with Gasteiger partial charge in [-0.05, 0) is 30.7 Å². The zero-order valence-corrected chi connectivity index (χ0v) is 16.7. The van der Waals surface area contributed by atoms with Crippen molar-refractivity contribution in [3.05, 3.63) is 54.2 Å². The van der Waals surface area contributed by atoms with E-state index in [4.69, 9.17) is 4.42 Å². The number of hydrogen-bond donors (Lipinski definition) is 1. The first-order valence-corrected chi connectivity index (χ1v) is 11.5. The average Bonchev–Trinajstić information content (AvgIpc) is 3.12. The molecular formula is C18H23FN2O4S2. The molecule has 0 aliphatic rings. The molecule has 1 aromatic heterocycles. The minimum atomic E-state index is -3.63. The molecule has 0 bridgehead atoms. The number of thioether (sulfide) groups is 1. The van der Waals surface area contributed by atoms with Crippen LogP contribution in [0.4, 0.5) is 10.1 Å². The number of carbonyl (C=O) groups is 1. The third-order valence-corrected chi connectivity index (χ3v) is 5.84. The Bertz CT molecular complexity index is 826.